The van der Waals surface area contributed by atoms with Gasteiger partial charge in [0.1, 0.15) is 5.02 Å². The zero-order chi connectivity index (χ0) is 13.3. The van der Waals surface area contributed by atoms with Crippen molar-refractivity contribution in [2.45, 2.75) is 13.8 Å². The molecule has 1 aromatic heterocycles. The van der Waals surface area contributed by atoms with Gasteiger partial charge in [0, 0.05) is 5.41 Å². The molecule has 0 aliphatic heterocycles. The van der Waals surface area contributed by atoms with Gasteiger partial charge in [0.05, 0.1) is 16.9 Å². The highest BCUT2D eigenvalue weighted by Crippen LogP contribution is 2.25. The van der Waals surface area contributed by atoms with Crippen LogP contribution in [0.3, 0.4) is 0 Å². The van der Waals surface area contributed by atoms with Crippen molar-refractivity contribution in [1.29, 1.82) is 0 Å². The number of aromatic nitrogens is 2. The Balaban J connectivity index is 2.60. The Morgan fingerprint density at radius 1 is 1.28 bits per heavy atom. The van der Waals surface area contributed by atoms with Gasteiger partial charge in [-0.1, -0.05) is 55.3 Å². The summed E-state index contributed by atoms with van der Waals surface area (Å²) in [5, 5.41) is 4.15. The number of nitrogens with zero attached hydrogens (tertiary/aromatic N) is 2. The highest BCUT2D eigenvalue weighted by Gasteiger charge is 2.16. The summed E-state index contributed by atoms with van der Waals surface area (Å²) in [6.45, 7) is 4.08. The first kappa shape index (κ1) is 13.1. The summed E-state index contributed by atoms with van der Waals surface area (Å²) < 4.78 is 1.25. The molecule has 94 valence electrons. The minimum atomic E-state index is -0.419. The molecule has 1 aliphatic rings. The van der Waals surface area contributed by atoms with Gasteiger partial charge in [-0.2, -0.15) is 9.78 Å². The first-order valence-electron chi connectivity index (χ1n) is 5.43. The van der Waals surface area contributed by atoms with E-state index in [9.17, 15) is 4.79 Å². The molecule has 2 rings (SSSR count). The fourth-order valence-electron chi connectivity index (χ4n) is 1.66. The van der Waals surface area contributed by atoms with E-state index in [1.54, 1.807) is 0 Å². The van der Waals surface area contributed by atoms with E-state index in [2.05, 4.69) is 5.10 Å². The molecule has 0 saturated heterocycles. The van der Waals surface area contributed by atoms with Crippen LogP contribution in [0, 0.1) is 5.41 Å². The second kappa shape index (κ2) is 4.75. The average Bonchev–Trinajstić information content (AvgIpc) is 2.47. The Bertz CT molecular complexity index is 624. The van der Waals surface area contributed by atoms with E-state index in [1.165, 1.54) is 10.9 Å². The predicted octanol–water partition coefficient (Wildman–Crippen LogP) is 3.54. The number of halogens is 2. The third-order valence-corrected chi connectivity index (χ3v) is 3.29. The van der Waals surface area contributed by atoms with Crippen LogP contribution in [0.25, 0.3) is 5.70 Å². The average molecular weight is 283 g/mol. The summed E-state index contributed by atoms with van der Waals surface area (Å²) in [5.74, 6) is 0. The van der Waals surface area contributed by atoms with Crippen molar-refractivity contribution in [1.82, 2.24) is 9.78 Å². The molecule has 5 heteroatoms. The molecule has 0 spiro atoms. The fourth-order valence-corrected chi connectivity index (χ4v) is 1.92. The molecule has 0 aromatic carbocycles. The molecule has 0 radical (unpaired) electrons. The molecule has 0 unspecified atom stereocenters. The number of hydrogen-bond acceptors (Lipinski definition) is 2. The van der Waals surface area contributed by atoms with E-state index in [1.807, 2.05) is 44.2 Å². The van der Waals surface area contributed by atoms with Gasteiger partial charge in [-0.15, -0.1) is 0 Å². The molecule has 18 heavy (non-hydrogen) atoms. The van der Waals surface area contributed by atoms with Crippen molar-refractivity contribution in [2.24, 2.45) is 5.41 Å². The molecule has 0 saturated carbocycles. The second-order valence-corrected chi connectivity index (χ2v) is 5.42. The van der Waals surface area contributed by atoms with Crippen molar-refractivity contribution >= 4 is 28.9 Å². The van der Waals surface area contributed by atoms with E-state index >= 15 is 0 Å². The monoisotopic (exact) mass is 282 g/mol. The van der Waals surface area contributed by atoms with E-state index in [0.717, 1.165) is 0 Å². The van der Waals surface area contributed by atoms with Gasteiger partial charge in [0.15, 0.2) is 0 Å². The molecule has 0 amide bonds. The van der Waals surface area contributed by atoms with Crippen molar-refractivity contribution in [3.63, 3.8) is 0 Å². The van der Waals surface area contributed by atoms with Gasteiger partial charge < -0.3 is 0 Å². The molecular formula is C13H12Cl2N2O. The third kappa shape index (κ3) is 2.57. The minimum Gasteiger partial charge on any atom is -0.266 e. The topological polar surface area (TPSA) is 34.9 Å². The van der Waals surface area contributed by atoms with Crippen LogP contribution in [0.2, 0.25) is 10.0 Å². The summed E-state index contributed by atoms with van der Waals surface area (Å²) in [6.07, 6.45) is 11.0. The van der Waals surface area contributed by atoms with Crippen LogP contribution in [0.4, 0.5) is 0 Å². The Morgan fingerprint density at radius 3 is 2.72 bits per heavy atom. The van der Waals surface area contributed by atoms with Crippen LogP contribution < -0.4 is 5.56 Å². The first-order chi connectivity index (χ1) is 8.41. The zero-order valence-electron chi connectivity index (χ0n) is 10.0. The van der Waals surface area contributed by atoms with Crippen LogP contribution >= 0.6 is 23.2 Å². The van der Waals surface area contributed by atoms with E-state index in [0.29, 0.717) is 5.70 Å². The Kier molecular flexibility index (Phi) is 3.46. The first-order valence-corrected chi connectivity index (χ1v) is 6.19. The normalized spacial score (nSPS) is 17.4. The van der Waals surface area contributed by atoms with Crippen LogP contribution in [-0.4, -0.2) is 9.78 Å². The van der Waals surface area contributed by atoms with Gasteiger partial charge in [-0.3, -0.25) is 4.79 Å². The molecule has 1 heterocycles. The highest BCUT2D eigenvalue weighted by molar-refractivity contribution is 6.41. The maximum atomic E-state index is 12.0. The van der Waals surface area contributed by atoms with Crippen molar-refractivity contribution in [3.8, 4) is 0 Å². The van der Waals surface area contributed by atoms with Gasteiger partial charge >= 0.3 is 0 Å². The van der Waals surface area contributed by atoms with E-state index in [4.69, 9.17) is 23.2 Å². The lowest BCUT2D eigenvalue weighted by Crippen LogP contribution is -2.22. The summed E-state index contributed by atoms with van der Waals surface area (Å²) in [4.78, 5) is 12.0. The highest BCUT2D eigenvalue weighted by atomic mass is 35.5. The van der Waals surface area contributed by atoms with E-state index in [-0.39, 0.29) is 15.5 Å². The van der Waals surface area contributed by atoms with Gasteiger partial charge in [0.25, 0.3) is 5.56 Å². The van der Waals surface area contributed by atoms with Crippen molar-refractivity contribution in [3.05, 3.63) is 57.0 Å². The fraction of sp³-hybridized carbons (Fsp3) is 0.231. The number of rotatable bonds is 1. The Morgan fingerprint density at radius 2 is 2.00 bits per heavy atom. The zero-order valence-corrected chi connectivity index (χ0v) is 11.5. The smallest absolute Gasteiger partial charge is 0.266 e. The molecule has 3 nitrogen and oxygen atoms in total. The van der Waals surface area contributed by atoms with Crippen LogP contribution in [0.1, 0.15) is 13.8 Å². The quantitative estimate of drug-likeness (QED) is 0.790. The SMILES string of the molecule is CC1(C)C=CC=CC(n2ncc(Cl)c(Cl)c2=O)=C1. The van der Waals surface area contributed by atoms with Crippen molar-refractivity contribution in [2.75, 3.05) is 0 Å². The number of allylic oxidation sites excluding steroid dienone is 6. The predicted molar refractivity (Wildman–Crippen MR) is 74.9 cm³/mol. The van der Waals surface area contributed by atoms with Crippen molar-refractivity contribution < 1.29 is 0 Å². The Hall–Kier alpha value is -1.32. The van der Waals surface area contributed by atoms with Gasteiger partial charge in [-0.25, -0.2) is 0 Å². The lowest BCUT2D eigenvalue weighted by Gasteiger charge is -2.15. The Labute approximate surface area is 115 Å². The molecule has 1 aromatic rings. The molecule has 0 bridgehead atoms. The summed E-state index contributed by atoms with van der Waals surface area (Å²) in [7, 11) is 0. The maximum Gasteiger partial charge on any atom is 0.291 e. The summed E-state index contributed by atoms with van der Waals surface area (Å²) >= 11 is 11.6. The second-order valence-electron chi connectivity index (χ2n) is 4.63. The van der Waals surface area contributed by atoms with Gasteiger partial charge in [-0.05, 0) is 12.2 Å². The molecule has 1 aliphatic carbocycles. The standard InChI is InChI=1S/C13H12Cl2N2O/c1-13(2)6-4-3-5-9(7-13)17-12(18)11(15)10(14)8-16-17/h3-8H,1-2H3. The third-order valence-electron chi connectivity index (χ3n) is 2.54. The lowest BCUT2D eigenvalue weighted by atomic mass is 9.92. The minimum absolute atomic E-state index is 0.0176. The van der Waals surface area contributed by atoms with Crippen LogP contribution in [0.15, 0.2) is 41.4 Å². The molecular weight excluding hydrogens is 271 g/mol. The maximum absolute atomic E-state index is 12.0. The van der Waals surface area contributed by atoms with Gasteiger partial charge in [0.2, 0.25) is 0 Å². The van der Waals surface area contributed by atoms with E-state index < -0.39 is 5.56 Å². The summed E-state index contributed by atoms with van der Waals surface area (Å²) in [5.41, 5.74) is 0.0952. The number of hydrogen-bond donors (Lipinski definition) is 0. The van der Waals surface area contributed by atoms with Crippen LogP contribution in [0.5, 0.6) is 0 Å². The lowest BCUT2D eigenvalue weighted by molar-refractivity contribution is 0.623. The summed E-state index contributed by atoms with van der Waals surface area (Å²) in [6, 6.07) is 0. The molecule has 0 fully saturated rings. The molecule has 0 N–H and O–H groups in total. The molecule has 0 atom stereocenters. The largest absolute Gasteiger partial charge is 0.291 e. The van der Waals surface area contributed by atoms with Crippen LogP contribution in [-0.2, 0) is 0 Å².